The molecule has 264 valence electrons. The van der Waals surface area contributed by atoms with Crippen molar-refractivity contribution in [3.63, 3.8) is 0 Å². The normalized spacial score (nSPS) is 52.9. The third-order valence-corrected chi connectivity index (χ3v) is 8.20. The molecule has 0 spiro atoms. The molecule has 4 saturated heterocycles. The maximum atomic E-state index is 10.9. The monoisotopic (exact) mass is 666 g/mol. The molecule has 0 aliphatic carbocycles. The van der Waals surface area contributed by atoms with Crippen LogP contribution in [0.3, 0.4) is 0 Å². The summed E-state index contributed by atoms with van der Waals surface area (Å²) in [6.45, 7) is -3.39. The highest BCUT2D eigenvalue weighted by atomic mass is 16.8. The Morgan fingerprint density at radius 3 is 1.02 bits per heavy atom. The quantitative estimate of drug-likeness (QED) is 0.103. The second-order valence-electron chi connectivity index (χ2n) is 11.1. The van der Waals surface area contributed by atoms with Crippen LogP contribution in [0.25, 0.3) is 0 Å². The lowest BCUT2D eigenvalue weighted by Crippen LogP contribution is -2.67. The second-order valence-corrected chi connectivity index (χ2v) is 11.1. The molecule has 4 fully saturated rings. The molecule has 4 heterocycles. The summed E-state index contributed by atoms with van der Waals surface area (Å²) in [6.07, 6.45) is -35.3. The molecule has 45 heavy (non-hydrogen) atoms. The first-order valence-corrected chi connectivity index (χ1v) is 14.1. The zero-order chi connectivity index (χ0) is 33.3. The van der Waals surface area contributed by atoms with E-state index < -0.39 is 149 Å². The molecular formula is C24H42O21. The number of rotatable bonds is 10. The zero-order valence-corrected chi connectivity index (χ0v) is 23.5. The topological polar surface area (TPSA) is 348 Å². The average Bonchev–Trinajstić information content (AvgIpc) is 3.03. The fraction of sp³-hybridized carbons (Fsp3) is 1.00. The third kappa shape index (κ3) is 7.44. The molecule has 20 unspecified atom stereocenters. The van der Waals surface area contributed by atoms with E-state index in [1.54, 1.807) is 0 Å². The van der Waals surface area contributed by atoms with E-state index in [9.17, 15) is 71.5 Å². The van der Waals surface area contributed by atoms with Crippen LogP contribution in [-0.2, 0) is 33.2 Å². The van der Waals surface area contributed by atoms with Gasteiger partial charge >= 0.3 is 0 Å². The zero-order valence-electron chi connectivity index (χ0n) is 23.5. The van der Waals surface area contributed by atoms with E-state index >= 15 is 0 Å². The first kappa shape index (κ1) is 37.0. The Kier molecular flexibility index (Phi) is 12.8. The summed E-state index contributed by atoms with van der Waals surface area (Å²) in [7, 11) is 0. The molecule has 0 saturated carbocycles. The van der Waals surface area contributed by atoms with Gasteiger partial charge in [0.05, 0.1) is 26.4 Å². The standard InChI is InChI=1S/C24H42O21/c25-1-5-9(29)10(30)15(35)22(40-5)44-19-7(3-27)42-24(17(37)12(19)32)45-20-8(4-28)41-23(16(36)13(20)33)43-18-6(2-26)39-21(38)14(34)11(18)31/h5-38H,1-4H2. The van der Waals surface area contributed by atoms with Crippen molar-refractivity contribution in [3.05, 3.63) is 0 Å². The Morgan fingerprint density at radius 2 is 0.644 bits per heavy atom. The minimum Gasteiger partial charge on any atom is -0.394 e. The van der Waals surface area contributed by atoms with Crippen molar-refractivity contribution in [2.75, 3.05) is 26.4 Å². The molecule has 0 bridgehead atoms. The lowest BCUT2D eigenvalue weighted by Gasteiger charge is -2.49. The van der Waals surface area contributed by atoms with Gasteiger partial charge < -0.3 is 105 Å². The van der Waals surface area contributed by atoms with Crippen LogP contribution < -0.4 is 0 Å². The van der Waals surface area contributed by atoms with Gasteiger partial charge in [-0.25, -0.2) is 0 Å². The molecule has 0 aromatic rings. The maximum Gasteiger partial charge on any atom is 0.187 e. The average molecular weight is 667 g/mol. The van der Waals surface area contributed by atoms with Crippen LogP contribution in [0, 0.1) is 0 Å². The van der Waals surface area contributed by atoms with Gasteiger partial charge in [-0.1, -0.05) is 0 Å². The van der Waals surface area contributed by atoms with Gasteiger partial charge in [0.15, 0.2) is 25.2 Å². The van der Waals surface area contributed by atoms with Crippen LogP contribution in [0.2, 0.25) is 0 Å². The van der Waals surface area contributed by atoms with Crippen molar-refractivity contribution in [2.24, 2.45) is 0 Å². The highest BCUT2D eigenvalue weighted by Gasteiger charge is 2.55. The number of ether oxygens (including phenoxy) is 7. The number of aliphatic hydroxyl groups is 14. The van der Waals surface area contributed by atoms with Crippen molar-refractivity contribution < 1.29 is 105 Å². The molecule has 21 heteroatoms. The van der Waals surface area contributed by atoms with Crippen molar-refractivity contribution in [1.82, 2.24) is 0 Å². The minimum atomic E-state index is -2.02. The molecule has 20 atom stereocenters. The largest absolute Gasteiger partial charge is 0.394 e. The summed E-state index contributed by atoms with van der Waals surface area (Å²) >= 11 is 0. The predicted molar refractivity (Wildman–Crippen MR) is 134 cm³/mol. The smallest absolute Gasteiger partial charge is 0.187 e. The Labute approximate surface area is 254 Å². The van der Waals surface area contributed by atoms with E-state index in [1.807, 2.05) is 0 Å². The van der Waals surface area contributed by atoms with Gasteiger partial charge in [-0.15, -0.1) is 0 Å². The third-order valence-electron chi connectivity index (χ3n) is 8.20. The highest BCUT2D eigenvalue weighted by Crippen LogP contribution is 2.34. The lowest BCUT2D eigenvalue weighted by atomic mass is 9.95. The van der Waals surface area contributed by atoms with E-state index in [0.717, 1.165) is 0 Å². The van der Waals surface area contributed by atoms with Crippen molar-refractivity contribution >= 4 is 0 Å². The van der Waals surface area contributed by atoms with Crippen LogP contribution in [-0.4, -0.2) is 221 Å². The van der Waals surface area contributed by atoms with Crippen LogP contribution >= 0.6 is 0 Å². The SMILES string of the molecule is OCC1OC(OC2C(CO)OC(OC3C(CO)OC(OC4C(CO)OC(O)C(O)C4O)C(O)C3O)C(O)C2O)C(O)C(O)C1O. The molecule has 14 N–H and O–H groups in total. The second kappa shape index (κ2) is 15.6. The number of hydrogen-bond acceptors (Lipinski definition) is 21. The molecule has 0 amide bonds. The lowest BCUT2D eigenvalue weighted by molar-refractivity contribution is -0.387. The molecule has 4 aliphatic heterocycles. The van der Waals surface area contributed by atoms with E-state index in [4.69, 9.17) is 33.2 Å². The number of hydrogen-bond donors (Lipinski definition) is 14. The first-order valence-electron chi connectivity index (χ1n) is 14.1. The van der Waals surface area contributed by atoms with Crippen molar-refractivity contribution in [2.45, 2.75) is 123 Å². The Bertz CT molecular complexity index is 910. The van der Waals surface area contributed by atoms with Gasteiger partial charge in [0.25, 0.3) is 0 Å². The summed E-state index contributed by atoms with van der Waals surface area (Å²) in [4.78, 5) is 0. The fourth-order valence-corrected chi connectivity index (χ4v) is 5.55. The molecule has 0 aromatic carbocycles. The molecular weight excluding hydrogens is 624 g/mol. The van der Waals surface area contributed by atoms with Crippen LogP contribution in [0.1, 0.15) is 0 Å². The summed E-state index contributed by atoms with van der Waals surface area (Å²) in [5.41, 5.74) is 0. The van der Waals surface area contributed by atoms with E-state index in [2.05, 4.69) is 0 Å². The van der Waals surface area contributed by atoms with Gasteiger partial charge in [-0.3, -0.25) is 0 Å². The molecule has 21 nitrogen and oxygen atoms in total. The van der Waals surface area contributed by atoms with E-state index in [1.165, 1.54) is 0 Å². The van der Waals surface area contributed by atoms with E-state index in [0.29, 0.717) is 0 Å². The first-order chi connectivity index (χ1) is 21.3. The molecule has 0 aromatic heterocycles. The number of aliphatic hydroxyl groups excluding tert-OH is 14. The van der Waals surface area contributed by atoms with Crippen LogP contribution in [0.15, 0.2) is 0 Å². The van der Waals surface area contributed by atoms with Gasteiger partial charge in [-0.05, 0) is 0 Å². The minimum absolute atomic E-state index is 0.784. The predicted octanol–water partition coefficient (Wildman–Crippen LogP) is -9.75. The van der Waals surface area contributed by atoms with E-state index in [-0.39, 0.29) is 0 Å². The van der Waals surface area contributed by atoms with Gasteiger partial charge in [0, 0.05) is 0 Å². The van der Waals surface area contributed by atoms with Gasteiger partial charge in [0.1, 0.15) is 97.7 Å². The molecule has 4 rings (SSSR count). The van der Waals surface area contributed by atoms with Gasteiger partial charge in [-0.2, -0.15) is 0 Å². The summed E-state index contributed by atoms with van der Waals surface area (Å²) < 4.78 is 37.7. The molecule has 4 aliphatic rings. The van der Waals surface area contributed by atoms with Crippen LogP contribution in [0.5, 0.6) is 0 Å². The maximum absolute atomic E-state index is 10.9. The van der Waals surface area contributed by atoms with Crippen LogP contribution in [0.4, 0.5) is 0 Å². The summed E-state index contributed by atoms with van der Waals surface area (Å²) in [5.74, 6) is 0. The summed E-state index contributed by atoms with van der Waals surface area (Å²) in [5, 5.41) is 142. The van der Waals surface area contributed by atoms with Crippen molar-refractivity contribution in [1.29, 1.82) is 0 Å². The van der Waals surface area contributed by atoms with Crippen molar-refractivity contribution in [3.8, 4) is 0 Å². The Morgan fingerprint density at radius 1 is 0.333 bits per heavy atom. The Hall–Kier alpha value is -0.840. The Balaban J connectivity index is 1.43. The molecule has 0 radical (unpaired) electrons. The van der Waals surface area contributed by atoms with Gasteiger partial charge in [0.2, 0.25) is 0 Å². The summed E-state index contributed by atoms with van der Waals surface area (Å²) in [6, 6.07) is 0. The highest BCUT2D eigenvalue weighted by molar-refractivity contribution is 4.97. The fourth-order valence-electron chi connectivity index (χ4n) is 5.55.